The van der Waals surface area contributed by atoms with Gasteiger partial charge in [-0.05, 0) is 6.42 Å². The summed E-state index contributed by atoms with van der Waals surface area (Å²) in [6.07, 6.45) is 4.20. The number of halogens is 1. The van der Waals surface area contributed by atoms with E-state index in [2.05, 4.69) is 16.9 Å². The first kappa shape index (κ1) is 15.7. The van der Waals surface area contributed by atoms with Gasteiger partial charge >= 0.3 is 0 Å². The number of aryl methyl sites for hydroxylation is 1. The lowest BCUT2D eigenvalue weighted by atomic mass is 10.3. The maximum Gasteiger partial charge on any atom is 0.280 e. The predicted octanol–water partition coefficient (Wildman–Crippen LogP) is 1.07. The summed E-state index contributed by atoms with van der Waals surface area (Å²) in [7, 11) is 1.36. The van der Waals surface area contributed by atoms with Gasteiger partial charge in [-0.2, -0.15) is 0 Å². The fourth-order valence-corrected chi connectivity index (χ4v) is 2.19. The first-order valence-corrected chi connectivity index (χ1v) is 8.07. The Morgan fingerprint density at radius 3 is 2.84 bits per heavy atom. The van der Waals surface area contributed by atoms with E-state index >= 15 is 0 Å². The van der Waals surface area contributed by atoms with Crippen LogP contribution in [0.15, 0.2) is 23.9 Å². The summed E-state index contributed by atoms with van der Waals surface area (Å²) in [6.45, 7) is 5.79. The van der Waals surface area contributed by atoms with Crippen LogP contribution in [-0.4, -0.2) is 30.4 Å². The van der Waals surface area contributed by atoms with Gasteiger partial charge in [0.05, 0.1) is 0 Å². The number of nitrogens with one attached hydrogen (secondary N) is 1. The Balaban J connectivity index is 2.94. The minimum Gasteiger partial charge on any atom is -0.351 e. The highest BCUT2D eigenvalue weighted by atomic mass is 35.7. The van der Waals surface area contributed by atoms with Crippen molar-refractivity contribution in [2.45, 2.75) is 31.3 Å². The molecule has 6 nitrogen and oxygen atoms in total. The molecule has 106 valence electrons. The monoisotopic (exact) mass is 305 g/mol. The van der Waals surface area contributed by atoms with Gasteiger partial charge in [0, 0.05) is 29.8 Å². The van der Waals surface area contributed by atoms with Gasteiger partial charge in [-0.25, -0.2) is 13.4 Å². The molecule has 0 radical (unpaired) electrons. The van der Waals surface area contributed by atoms with E-state index in [-0.39, 0.29) is 17.5 Å². The molecule has 1 aromatic rings. The zero-order valence-electron chi connectivity index (χ0n) is 10.6. The molecule has 0 saturated heterocycles. The minimum absolute atomic E-state index is 0.00256. The molecule has 19 heavy (non-hydrogen) atoms. The minimum atomic E-state index is -3.88. The Hall–Kier alpha value is -1.34. The summed E-state index contributed by atoms with van der Waals surface area (Å²) in [5.41, 5.74) is 0. The molecule has 0 aromatic carbocycles. The van der Waals surface area contributed by atoms with E-state index in [1.807, 2.05) is 6.92 Å². The van der Waals surface area contributed by atoms with Crippen LogP contribution in [0, 0.1) is 0 Å². The van der Waals surface area contributed by atoms with E-state index in [1.165, 1.54) is 10.8 Å². The highest BCUT2D eigenvalue weighted by Gasteiger charge is 2.18. The van der Waals surface area contributed by atoms with Crippen LogP contribution in [0.2, 0.25) is 0 Å². The molecular formula is C11H16ClN3O3S. The summed E-state index contributed by atoms with van der Waals surface area (Å²) in [6, 6.07) is 0. The van der Waals surface area contributed by atoms with E-state index in [0.717, 1.165) is 6.42 Å². The second kappa shape index (κ2) is 6.72. The summed E-state index contributed by atoms with van der Waals surface area (Å²) in [5.74, 6) is 0.281. The Labute approximate surface area is 116 Å². The molecule has 1 N–H and O–H groups in total. The molecule has 0 aliphatic heterocycles. The Bertz CT molecular complexity index is 566. The van der Waals surface area contributed by atoms with Crippen LogP contribution in [0.3, 0.4) is 0 Å². The first-order valence-electron chi connectivity index (χ1n) is 5.76. The first-order chi connectivity index (χ1) is 8.88. The zero-order valence-corrected chi connectivity index (χ0v) is 12.2. The molecule has 0 atom stereocenters. The number of hydrogen-bond acceptors (Lipinski definition) is 4. The largest absolute Gasteiger partial charge is 0.351 e. The fourth-order valence-electron chi connectivity index (χ4n) is 1.50. The van der Waals surface area contributed by atoms with Gasteiger partial charge in [0.1, 0.15) is 12.4 Å². The number of carbonyl (C=O) groups is 1. The smallest absolute Gasteiger partial charge is 0.280 e. The third-order valence-electron chi connectivity index (χ3n) is 2.32. The Morgan fingerprint density at radius 1 is 1.63 bits per heavy atom. The van der Waals surface area contributed by atoms with E-state index < -0.39 is 9.05 Å². The van der Waals surface area contributed by atoms with E-state index in [9.17, 15) is 13.2 Å². The van der Waals surface area contributed by atoms with Crippen LogP contribution in [0.4, 0.5) is 0 Å². The quantitative estimate of drug-likeness (QED) is 0.603. The van der Waals surface area contributed by atoms with Crippen molar-refractivity contribution in [1.82, 2.24) is 14.9 Å². The molecule has 0 bridgehead atoms. The van der Waals surface area contributed by atoms with Crippen molar-refractivity contribution in [1.29, 1.82) is 0 Å². The van der Waals surface area contributed by atoms with Gasteiger partial charge in [-0.15, -0.1) is 6.58 Å². The van der Waals surface area contributed by atoms with Gasteiger partial charge in [0.2, 0.25) is 5.91 Å². The van der Waals surface area contributed by atoms with Crippen molar-refractivity contribution in [3.8, 4) is 0 Å². The summed E-state index contributed by atoms with van der Waals surface area (Å²) < 4.78 is 24.0. The second-order valence-corrected chi connectivity index (χ2v) is 6.42. The molecule has 1 rings (SSSR count). The van der Waals surface area contributed by atoms with E-state index in [4.69, 9.17) is 10.7 Å². The zero-order chi connectivity index (χ0) is 14.5. The molecule has 0 saturated carbocycles. The van der Waals surface area contributed by atoms with Gasteiger partial charge < -0.3 is 9.88 Å². The number of aromatic nitrogens is 2. The average molecular weight is 306 g/mol. The maximum absolute atomic E-state index is 11.6. The fraction of sp³-hybridized carbons (Fsp3) is 0.455. The molecule has 1 amide bonds. The topological polar surface area (TPSA) is 81.1 Å². The third-order valence-corrected chi connectivity index (χ3v) is 3.49. The van der Waals surface area contributed by atoms with Gasteiger partial charge in [-0.3, -0.25) is 4.79 Å². The predicted molar refractivity (Wildman–Crippen MR) is 72.5 cm³/mol. The van der Waals surface area contributed by atoms with Crippen LogP contribution in [0.5, 0.6) is 0 Å². The van der Waals surface area contributed by atoms with E-state index in [1.54, 1.807) is 6.08 Å². The molecule has 0 aliphatic carbocycles. The second-order valence-electron chi connectivity index (χ2n) is 3.90. The lowest BCUT2D eigenvalue weighted by Crippen LogP contribution is -2.28. The molecule has 1 heterocycles. The molecule has 0 aliphatic rings. The average Bonchev–Trinajstić information content (AvgIpc) is 2.70. The maximum atomic E-state index is 11.6. The van der Waals surface area contributed by atoms with Gasteiger partial charge in [-0.1, -0.05) is 13.0 Å². The lowest BCUT2D eigenvalue weighted by molar-refractivity contribution is -0.121. The highest BCUT2D eigenvalue weighted by Crippen LogP contribution is 2.15. The van der Waals surface area contributed by atoms with Crippen LogP contribution in [0.25, 0.3) is 0 Å². The van der Waals surface area contributed by atoms with Gasteiger partial charge in [0.15, 0.2) is 5.03 Å². The Morgan fingerprint density at radius 2 is 2.32 bits per heavy atom. The number of rotatable bonds is 7. The molecule has 0 spiro atoms. The molecule has 8 heteroatoms. The third kappa shape index (κ3) is 4.68. The molecular weight excluding hydrogens is 290 g/mol. The van der Waals surface area contributed by atoms with Crippen molar-refractivity contribution in [2.24, 2.45) is 0 Å². The number of imidazole rings is 1. The lowest BCUT2D eigenvalue weighted by Gasteiger charge is -2.06. The number of amides is 1. The SMILES string of the molecule is C=CCNC(=O)Cn1cc(S(=O)(=O)Cl)nc1CCC. The van der Waals surface area contributed by atoms with E-state index in [0.29, 0.717) is 18.8 Å². The number of hydrogen-bond donors (Lipinski definition) is 1. The number of carbonyl (C=O) groups excluding carboxylic acids is 1. The van der Waals surface area contributed by atoms with Crippen molar-refractivity contribution in [3.63, 3.8) is 0 Å². The summed E-state index contributed by atoms with van der Waals surface area (Å²) in [5, 5.41) is 2.38. The van der Waals surface area contributed by atoms with Crippen LogP contribution >= 0.6 is 10.7 Å². The van der Waals surface area contributed by atoms with Crippen molar-refractivity contribution in [3.05, 3.63) is 24.7 Å². The van der Waals surface area contributed by atoms with Crippen LogP contribution in [-0.2, 0) is 26.8 Å². The summed E-state index contributed by atoms with van der Waals surface area (Å²) in [4.78, 5) is 15.5. The van der Waals surface area contributed by atoms with Crippen molar-refractivity contribution < 1.29 is 13.2 Å². The van der Waals surface area contributed by atoms with Crippen LogP contribution in [0.1, 0.15) is 19.2 Å². The van der Waals surface area contributed by atoms with Crippen molar-refractivity contribution in [2.75, 3.05) is 6.54 Å². The molecule has 0 unspecified atom stereocenters. The van der Waals surface area contributed by atoms with Gasteiger partial charge in [0.25, 0.3) is 9.05 Å². The number of nitrogens with zero attached hydrogens (tertiary/aromatic N) is 2. The normalized spacial score (nSPS) is 11.3. The standard InChI is InChI=1S/C11H16ClN3O3S/c1-3-5-9-14-11(19(12,17)18)8-15(9)7-10(16)13-6-4-2/h4,8H,2-3,5-7H2,1H3,(H,13,16). The summed E-state index contributed by atoms with van der Waals surface area (Å²) >= 11 is 0. The van der Waals surface area contributed by atoms with Crippen LogP contribution < -0.4 is 5.32 Å². The molecule has 0 fully saturated rings. The molecule has 1 aromatic heterocycles. The highest BCUT2D eigenvalue weighted by molar-refractivity contribution is 8.13. The van der Waals surface area contributed by atoms with Crippen molar-refractivity contribution >= 4 is 25.6 Å². The Kier molecular flexibility index (Phi) is 5.56.